The van der Waals surface area contributed by atoms with Crippen LogP contribution in [0, 0.1) is 13.8 Å². The van der Waals surface area contributed by atoms with Crippen LogP contribution in [0.25, 0.3) is 0 Å². The first-order chi connectivity index (χ1) is 15.2. The van der Waals surface area contributed by atoms with E-state index >= 15 is 0 Å². The van der Waals surface area contributed by atoms with Gasteiger partial charge in [0.15, 0.2) is 5.76 Å². The zero-order chi connectivity index (χ0) is 23.0. The lowest BCUT2D eigenvalue weighted by Crippen LogP contribution is -2.31. The number of methoxy groups -OCH3 is 1. The predicted octanol–water partition coefficient (Wildman–Crippen LogP) is 4.64. The van der Waals surface area contributed by atoms with Crippen molar-refractivity contribution in [3.05, 3.63) is 100 Å². The molecule has 1 heterocycles. The van der Waals surface area contributed by atoms with E-state index in [4.69, 9.17) is 4.74 Å². The fourth-order valence-electron chi connectivity index (χ4n) is 3.76. The summed E-state index contributed by atoms with van der Waals surface area (Å²) in [4.78, 5) is 14.2. The molecule has 0 unspecified atom stereocenters. The first kappa shape index (κ1) is 21.6. The third-order valence-electron chi connectivity index (χ3n) is 5.53. The number of ether oxygens (including phenoxy) is 1. The Morgan fingerprint density at radius 2 is 1.38 bits per heavy atom. The first-order valence-electron chi connectivity index (χ1n) is 10.0. The van der Waals surface area contributed by atoms with Crippen LogP contribution in [0.5, 0.6) is 5.75 Å². The Morgan fingerprint density at radius 3 is 1.91 bits per heavy atom. The highest BCUT2D eigenvalue weighted by Gasteiger charge is 2.47. The van der Waals surface area contributed by atoms with Gasteiger partial charge in [-0.2, -0.15) is 0 Å². The number of aryl methyl sites for hydroxylation is 2. The Labute approximate surface area is 187 Å². The summed E-state index contributed by atoms with van der Waals surface area (Å²) in [6.07, 6.45) is 0. The molecule has 1 N–H and O–H groups in total. The van der Waals surface area contributed by atoms with E-state index in [1.54, 1.807) is 48.5 Å². The van der Waals surface area contributed by atoms with Gasteiger partial charge in [0.1, 0.15) is 16.7 Å². The molecule has 32 heavy (non-hydrogen) atoms. The van der Waals surface area contributed by atoms with Gasteiger partial charge in [-0.05, 0) is 55.8 Å². The molecule has 1 atom stereocenters. The van der Waals surface area contributed by atoms with Crippen LogP contribution in [0.15, 0.2) is 88.4 Å². The van der Waals surface area contributed by atoms with Gasteiger partial charge in [0, 0.05) is 5.69 Å². The minimum atomic E-state index is -4.16. The SMILES string of the molecule is COc1ccc(N2C(=O)C(O)=C(S(=O)(=O)c3ccc(C)cc3)[C@H]2c2ccc(C)cc2)cc1. The van der Waals surface area contributed by atoms with E-state index in [1.807, 2.05) is 26.0 Å². The van der Waals surface area contributed by atoms with Crippen LogP contribution in [0.3, 0.4) is 0 Å². The second-order valence-electron chi connectivity index (χ2n) is 7.72. The molecule has 3 aromatic carbocycles. The largest absolute Gasteiger partial charge is 0.502 e. The van der Waals surface area contributed by atoms with Gasteiger partial charge in [-0.1, -0.05) is 47.5 Å². The molecule has 7 heteroatoms. The highest BCUT2D eigenvalue weighted by Crippen LogP contribution is 2.45. The lowest BCUT2D eigenvalue weighted by molar-refractivity contribution is -0.117. The fraction of sp³-hybridized carbons (Fsp3) is 0.160. The van der Waals surface area contributed by atoms with Gasteiger partial charge in [-0.15, -0.1) is 0 Å². The van der Waals surface area contributed by atoms with Crippen molar-refractivity contribution in [3.8, 4) is 5.75 Å². The van der Waals surface area contributed by atoms with Gasteiger partial charge >= 0.3 is 0 Å². The van der Waals surface area contributed by atoms with Gasteiger partial charge in [-0.25, -0.2) is 8.42 Å². The maximum Gasteiger partial charge on any atom is 0.295 e. The third-order valence-corrected chi connectivity index (χ3v) is 7.41. The van der Waals surface area contributed by atoms with E-state index in [9.17, 15) is 18.3 Å². The Morgan fingerprint density at radius 1 is 0.844 bits per heavy atom. The molecule has 0 aromatic heterocycles. The fourth-order valence-corrected chi connectivity index (χ4v) is 5.39. The number of carbonyl (C=O) groups is 1. The van der Waals surface area contributed by atoms with Crippen molar-refractivity contribution in [1.82, 2.24) is 0 Å². The van der Waals surface area contributed by atoms with Crippen LogP contribution in [0.1, 0.15) is 22.7 Å². The van der Waals surface area contributed by atoms with Crippen LogP contribution < -0.4 is 9.64 Å². The Kier molecular flexibility index (Phi) is 5.52. The molecule has 0 radical (unpaired) electrons. The number of benzene rings is 3. The average molecular weight is 450 g/mol. The Bertz CT molecular complexity index is 1290. The molecule has 0 saturated carbocycles. The number of hydrogen-bond donors (Lipinski definition) is 1. The van der Waals surface area contributed by atoms with E-state index in [1.165, 1.54) is 24.1 Å². The van der Waals surface area contributed by atoms with Crippen LogP contribution in [0.4, 0.5) is 5.69 Å². The number of aliphatic hydroxyl groups excluding tert-OH is 1. The standard InChI is InChI=1S/C25H23NO5S/c1-16-4-8-18(9-5-16)22-24(32(29,30)21-14-6-17(2)7-15-21)23(27)25(28)26(22)19-10-12-20(31-3)13-11-19/h4-15,22,27H,1-3H3/t22-/m1/s1. The number of amides is 1. The molecule has 164 valence electrons. The molecule has 1 amide bonds. The maximum absolute atomic E-state index is 13.6. The molecule has 0 aliphatic carbocycles. The number of carbonyl (C=O) groups excluding carboxylic acids is 1. The molecule has 4 rings (SSSR count). The topological polar surface area (TPSA) is 83.9 Å². The molecule has 0 bridgehead atoms. The number of aliphatic hydroxyl groups is 1. The average Bonchev–Trinajstić information content (AvgIpc) is 3.06. The van der Waals surface area contributed by atoms with Gasteiger partial charge in [0.2, 0.25) is 9.84 Å². The normalized spacial score (nSPS) is 16.5. The minimum Gasteiger partial charge on any atom is -0.502 e. The molecule has 0 saturated heterocycles. The van der Waals surface area contributed by atoms with Crippen molar-refractivity contribution >= 4 is 21.4 Å². The summed E-state index contributed by atoms with van der Waals surface area (Å²) in [7, 11) is -2.62. The van der Waals surface area contributed by atoms with Crippen molar-refractivity contribution in [2.75, 3.05) is 12.0 Å². The van der Waals surface area contributed by atoms with Gasteiger partial charge in [-0.3, -0.25) is 9.69 Å². The van der Waals surface area contributed by atoms with Crippen molar-refractivity contribution in [1.29, 1.82) is 0 Å². The third kappa shape index (κ3) is 3.65. The van der Waals surface area contributed by atoms with E-state index < -0.39 is 27.5 Å². The second kappa shape index (κ2) is 8.16. The van der Waals surface area contributed by atoms with Gasteiger partial charge in [0.05, 0.1) is 12.0 Å². The maximum atomic E-state index is 13.6. The zero-order valence-corrected chi connectivity index (χ0v) is 18.8. The van der Waals surface area contributed by atoms with Crippen LogP contribution in [0.2, 0.25) is 0 Å². The number of anilines is 1. The Hall–Kier alpha value is -3.58. The molecular formula is C25H23NO5S. The monoisotopic (exact) mass is 449 g/mol. The van der Waals surface area contributed by atoms with E-state index in [2.05, 4.69) is 0 Å². The molecule has 0 spiro atoms. The molecule has 1 aliphatic rings. The molecule has 3 aromatic rings. The quantitative estimate of drug-likeness (QED) is 0.613. The predicted molar refractivity (Wildman–Crippen MR) is 122 cm³/mol. The van der Waals surface area contributed by atoms with E-state index in [-0.39, 0.29) is 9.80 Å². The van der Waals surface area contributed by atoms with Crippen LogP contribution in [-0.4, -0.2) is 26.5 Å². The number of rotatable bonds is 5. The summed E-state index contributed by atoms with van der Waals surface area (Å²) in [6, 6.07) is 19.2. The van der Waals surface area contributed by atoms with Crippen molar-refractivity contribution in [2.24, 2.45) is 0 Å². The number of sulfone groups is 1. The summed E-state index contributed by atoms with van der Waals surface area (Å²) in [5.74, 6) is -0.949. The molecule has 1 aliphatic heterocycles. The van der Waals surface area contributed by atoms with Crippen molar-refractivity contribution in [2.45, 2.75) is 24.8 Å². The summed E-state index contributed by atoms with van der Waals surface area (Å²) in [5.41, 5.74) is 2.92. The molecule has 0 fully saturated rings. The first-order valence-corrected chi connectivity index (χ1v) is 11.5. The van der Waals surface area contributed by atoms with Crippen molar-refractivity contribution < 1.29 is 23.1 Å². The van der Waals surface area contributed by atoms with Crippen molar-refractivity contribution in [3.63, 3.8) is 0 Å². The Balaban J connectivity index is 1.91. The van der Waals surface area contributed by atoms with Crippen LogP contribution in [-0.2, 0) is 14.6 Å². The summed E-state index contributed by atoms with van der Waals surface area (Å²) >= 11 is 0. The number of hydrogen-bond acceptors (Lipinski definition) is 5. The minimum absolute atomic E-state index is 0.0196. The summed E-state index contributed by atoms with van der Waals surface area (Å²) in [6.45, 7) is 3.77. The smallest absolute Gasteiger partial charge is 0.295 e. The number of nitrogens with zero attached hydrogens (tertiary/aromatic N) is 1. The van der Waals surface area contributed by atoms with Gasteiger partial charge < -0.3 is 9.84 Å². The van der Waals surface area contributed by atoms with Gasteiger partial charge in [0.25, 0.3) is 5.91 Å². The summed E-state index contributed by atoms with van der Waals surface area (Å²) < 4.78 is 32.4. The molecule has 6 nitrogen and oxygen atoms in total. The lowest BCUT2D eigenvalue weighted by Gasteiger charge is -2.27. The zero-order valence-electron chi connectivity index (χ0n) is 17.9. The van der Waals surface area contributed by atoms with E-state index in [0.29, 0.717) is 17.0 Å². The lowest BCUT2D eigenvalue weighted by atomic mass is 10.0. The highest BCUT2D eigenvalue weighted by molar-refractivity contribution is 7.95. The molecular weight excluding hydrogens is 426 g/mol. The van der Waals surface area contributed by atoms with E-state index in [0.717, 1.165) is 11.1 Å². The second-order valence-corrected chi connectivity index (χ2v) is 9.63. The highest BCUT2D eigenvalue weighted by atomic mass is 32.2. The van der Waals surface area contributed by atoms with Crippen LogP contribution >= 0.6 is 0 Å². The summed E-state index contributed by atoms with van der Waals surface area (Å²) in [5, 5.41) is 10.8.